The van der Waals surface area contributed by atoms with Gasteiger partial charge in [0.25, 0.3) is 0 Å². The van der Waals surface area contributed by atoms with E-state index in [4.69, 9.17) is 55.9 Å². The third-order valence-electron chi connectivity index (χ3n) is 7.91. The molecule has 0 bridgehead atoms. The summed E-state index contributed by atoms with van der Waals surface area (Å²) >= 11 is 24.2. The molecular formula is C36H36Cl4N4O4. The first kappa shape index (κ1) is 36.4. The number of Topliss-reactive ketones (excluding diaryl/α,β-unsaturated/α-hetero) is 2. The predicted molar refractivity (Wildman–Crippen MR) is 189 cm³/mol. The number of carbonyl (C=O) groups excluding carboxylic acids is 2. The number of morpholine rings is 2. The highest BCUT2D eigenvalue weighted by Gasteiger charge is 2.19. The van der Waals surface area contributed by atoms with Gasteiger partial charge in [-0.05, 0) is 57.6 Å². The zero-order valence-electron chi connectivity index (χ0n) is 26.2. The summed E-state index contributed by atoms with van der Waals surface area (Å²) in [5.41, 5.74) is 5.42. The number of nitrogens with zero attached hydrogens (tertiary/aromatic N) is 2. The van der Waals surface area contributed by atoms with Gasteiger partial charge in [0.15, 0.2) is 0 Å². The Hall–Kier alpha value is -2.92. The summed E-state index contributed by atoms with van der Waals surface area (Å²) in [4.78, 5) is 32.5. The predicted octanol–water partition coefficient (Wildman–Crippen LogP) is 6.81. The van der Waals surface area contributed by atoms with Crippen LogP contribution in [0.2, 0.25) is 20.4 Å². The standard InChI is InChI=1S/2C18H18Cl2N2O2/c2*19-16-9-14(17-11-21-5-6-24-17)3-2-13(16)8-15(23)7-12-1-4-18(20)22-10-12/h2*1-4,9-10,17,21H,5-8,11H2/t2*17-/m10/s1. The first-order valence-electron chi connectivity index (χ1n) is 15.7. The van der Waals surface area contributed by atoms with Crippen LogP contribution in [-0.2, 0) is 44.7 Å². The zero-order chi connectivity index (χ0) is 33.9. The van der Waals surface area contributed by atoms with Crippen LogP contribution in [0.3, 0.4) is 0 Å². The molecule has 0 saturated carbocycles. The summed E-state index contributed by atoms with van der Waals surface area (Å²) < 4.78 is 11.4. The van der Waals surface area contributed by atoms with Crippen molar-refractivity contribution in [3.63, 3.8) is 0 Å². The molecule has 4 heterocycles. The van der Waals surface area contributed by atoms with E-state index in [9.17, 15) is 9.59 Å². The maximum Gasteiger partial charge on any atom is 0.141 e. The Labute approximate surface area is 300 Å². The minimum absolute atomic E-state index is 0.0149. The first-order valence-corrected chi connectivity index (χ1v) is 17.2. The number of nitrogens with one attached hydrogen (secondary N) is 2. The lowest BCUT2D eigenvalue weighted by atomic mass is 10.0. The lowest BCUT2D eigenvalue weighted by Crippen LogP contribution is -2.33. The average molecular weight is 731 g/mol. The molecule has 2 aromatic heterocycles. The summed E-state index contributed by atoms with van der Waals surface area (Å²) in [6.45, 7) is 4.68. The van der Waals surface area contributed by atoms with Crippen molar-refractivity contribution in [1.82, 2.24) is 20.6 Å². The summed E-state index contributed by atoms with van der Waals surface area (Å²) in [5, 5.41) is 8.63. The molecule has 12 heteroatoms. The number of carbonyl (C=O) groups is 2. The summed E-state index contributed by atoms with van der Waals surface area (Å²) in [6.07, 6.45) is 4.51. The fraction of sp³-hybridized carbons (Fsp3) is 0.333. The van der Waals surface area contributed by atoms with E-state index >= 15 is 0 Å². The molecule has 2 saturated heterocycles. The molecule has 0 aliphatic carbocycles. The van der Waals surface area contributed by atoms with Crippen molar-refractivity contribution < 1.29 is 19.1 Å². The summed E-state index contributed by atoms with van der Waals surface area (Å²) in [5.74, 6) is 0.175. The van der Waals surface area contributed by atoms with E-state index in [1.165, 1.54) is 0 Å². The number of ether oxygens (including phenoxy) is 2. The lowest BCUT2D eigenvalue weighted by molar-refractivity contribution is -0.118. The van der Waals surface area contributed by atoms with Gasteiger partial charge in [0.2, 0.25) is 0 Å². The third-order valence-corrected chi connectivity index (χ3v) is 9.06. The molecule has 2 aromatic carbocycles. The maximum absolute atomic E-state index is 12.3. The number of halogens is 4. The normalized spacial score (nSPS) is 17.7. The van der Waals surface area contributed by atoms with Crippen molar-refractivity contribution >= 4 is 58.0 Å². The Balaban J connectivity index is 0.000000188. The molecule has 0 spiro atoms. The summed E-state index contributed by atoms with van der Waals surface area (Å²) in [7, 11) is 0. The van der Waals surface area contributed by atoms with Crippen LogP contribution in [0.25, 0.3) is 0 Å². The van der Waals surface area contributed by atoms with Gasteiger partial charge < -0.3 is 20.1 Å². The fourth-order valence-electron chi connectivity index (χ4n) is 5.40. The molecule has 2 atom stereocenters. The first-order chi connectivity index (χ1) is 23.2. The quantitative estimate of drug-likeness (QED) is 0.172. The maximum atomic E-state index is 12.3. The van der Waals surface area contributed by atoms with Gasteiger partial charge in [0, 0.05) is 74.3 Å². The molecule has 2 fully saturated rings. The number of ketones is 2. The van der Waals surface area contributed by atoms with Gasteiger partial charge in [-0.25, -0.2) is 9.97 Å². The molecule has 48 heavy (non-hydrogen) atoms. The second-order valence-corrected chi connectivity index (χ2v) is 13.2. The lowest BCUT2D eigenvalue weighted by Gasteiger charge is -2.24. The van der Waals surface area contributed by atoms with Gasteiger partial charge >= 0.3 is 0 Å². The molecule has 4 aromatic rings. The number of hydrogen-bond acceptors (Lipinski definition) is 8. The monoisotopic (exact) mass is 728 g/mol. The Morgan fingerprint density at radius 3 is 1.40 bits per heavy atom. The topological polar surface area (TPSA) is 102 Å². The van der Waals surface area contributed by atoms with Crippen LogP contribution in [0.4, 0.5) is 0 Å². The van der Waals surface area contributed by atoms with Crippen molar-refractivity contribution in [3.8, 4) is 0 Å². The Bertz CT molecular complexity index is 1550. The molecular weight excluding hydrogens is 694 g/mol. The van der Waals surface area contributed by atoms with Gasteiger partial charge in [-0.1, -0.05) is 82.8 Å². The Kier molecular flexibility index (Phi) is 13.8. The van der Waals surface area contributed by atoms with Crippen LogP contribution in [0.5, 0.6) is 0 Å². The van der Waals surface area contributed by atoms with Crippen molar-refractivity contribution in [2.45, 2.75) is 37.9 Å². The highest BCUT2D eigenvalue weighted by Crippen LogP contribution is 2.27. The van der Waals surface area contributed by atoms with Crippen molar-refractivity contribution in [2.24, 2.45) is 0 Å². The molecule has 0 unspecified atom stereocenters. The number of benzene rings is 2. The number of aromatic nitrogens is 2. The van der Waals surface area contributed by atoms with E-state index in [2.05, 4.69) is 20.6 Å². The highest BCUT2D eigenvalue weighted by molar-refractivity contribution is 6.32. The minimum Gasteiger partial charge on any atom is -0.371 e. The van der Waals surface area contributed by atoms with Crippen LogP contribution in [0.1, 0.15) is 45.6 Å². The number of hydrogen-bond donors (Lipinski definition) is 2. The van der Waals surface area contributed by atoms with E-state index in [0.717, 1.165) is 59.6 Å². The molecule has 0 radical (unpaired) electrons. The number of rotatable bonds is 10. The molecule has 6 rings (SSSR count). The molecule has 2 N–H and O–H groups in total. The SMILES string of the molecule is O=C(Cc1ccc(Cl)nc1)Cc1ccc([C@@H]2CNCCO2)cc1Cl.O=C(Cc1ccc(Cl)nc1)Cc1ccc([C@H]2CNCCO2)cc1Cl. The molecule has 8 nitrogen and oxygen atoms in total. The van der Waals surface area contributed by atoms with Gasteiger partial charge in [-0.2, -0.15) is 0 Å². The largest absolute Gasteiger partial charge is 0.371 e. The molecule has 2 aliphatic rings. The fourth-order valence-corrected chi connectivity index (χ4v) is 6.14. The third kappa shape index (κ3) is 11.1. The van der Waals surface area contributed by atoms with E-state index in [1.807, 2.05) is 48.5 Å². The van der Waals surface area contributed by atoms with Crippen LogP contribution in [0, 0.1) is 0 Å². The van der Waals surface area contributed by atoms with Crippen molar-refractivity contribution in [2.75, 3.05) is 39.4 Å². The van der Waals surface area contributed by atoms with Crippen LogP contribution in [-0.4, -0.2) is 60.9 Å². The van der Waals surface area contributed by atoms with Crippen LogP contribution >= 0.6 is 46.4 Å². The highest BCUT2D eigenvalue weighted by atomic mass is 35.5. The number of pyridine rings is 2. The van der Waals surface area contributed by atoms with E-state index in [-0.39, 0.29) is 23.8 Å². The van der Waals surface area contributed by atoms with E-state index in [0.29, 0.717) is 59.2 Å². The van der Waals surface area contributed by atoms with Gasteiger partial charge in [-0.15, -0.1) is 0 Å². The van der Waals surface area contributed by atoms with Gasteiger partial charge in [0.05, 0.1) is 25.4 Å². The van der Waals surface area contributed by atoms with Crippen molar-refractivity contribution in [1.29, 1.82) is 0 Å². The Morgan fingerprint density at radius 1 is 0.625 bits per heavy atom. The molecule has 0 amide bonds. The van der Waals surface area contributed by atoms with Crippen molar-refractivity contribution in [3.05, 3.63) is 127 Å². The summed E-state index contributed by atoms with van der Waals surface area (Å²) in [6, 6.07) is 18.6. The van der Waals surface area contributed by atoms with E-state index < -0.39 is 0 Å². The molecule has 252 valence electrons. The second-order valence-electron chi connectivity index (χ2n) is 11.6. The Morgan fingerprint density at radius 2 is 1.06 bits per heavy atom. The van der Waals surface area contributed by atoms with E-state index in [1.54, 1.807) is 24.5 Å². The van der Waals surface area contributed by atoms with Gasteiger partial charge in [0.1, 0.15) is 21.9 Å². The smallest absolute Gasteiger partial charge is 0.141 e. The molecule has 2 aliphatic heterocycles. The van der Waals surface area contributed by atoms with Gasteiger partial charge in [-0.3, -0.25) is 9.59 Å². The van der Waals surface area contributed by atoms with Crippen LogP contribution in [0.15, 0.2) is 73.1 Å². The van der Waals surface area contributed by atoms with Crippen LogP contribution < -0.4 is 10.6 Å². The zero-order valence-corrected chi connectivity index (χ0v) is 29.2. The second kappa shape index (κ2) is 18.2. The minimum atomic E-state index is 0.0149. The average Bonchev–Trinajstić information content (AvgIpc) is 3.10.